The van der Waals surface area contributed by atoms with Crippen LogP contribution >= 0.6 is 0 Å². The molecule has 0 aliphatic carbocycles. The number of aromatic nitrogens is 3. The first-order valence-corrected chi connectivity index (χ1v) is 11.3. The maximum atomic E-state index is 5.93. The number of nitrogens with zero attached hydrogens (tertiary/aromatic N) is 4. The Bertz CT molecular complexity index is 1020. The quantitative estimate of drug-likeness (QED) is 0.350. The molecule has 8 nitrogen and oxygen atoms in total. The molecule has 3 rings (SSSR count). The highest BCUT2D eigenvalue weighted by Gasteiger charge is 2.13. The molecule has 0 saturated carbocycles. The number of pyridine rings is 1. The van der Waals surface area contributed by atoms with Crippen molar-refractivity contribution < 1.29 is 9.47 Å². The SMILES string of the molecule is CCCOc1ccc(C(C)NC(=NC)NCCc2nnc3ccccn23)cc1OCCC. The minimum atomic E-state index is 0.0410. The lowest BCUT2D eigenvalue weighted by molar-refractivity contribution is 0.268. The van der Waals surface area contributed by atoms with Gasteiger partial charge < -0.3 is 20.1 Å². The lowest BCUT2D eigenvalue weighted by Crippen LogP contribution is -2.39. The van der Waals surface area contributed by atoms with Gasteiger partial charge in [-0.15, -0.1) is 10.2 Å². The van der Waals surface area contributed by atoms with Crippen LogP contribution in [0.3, 0.4) is 0 Å². The first-order valence-electron chi connectivity index (χ1n) is 11.3. The summed E-state index contributed by atoms with van der Waals surface area (Å²) in [7, 11) is 1.77. The molecule has 0 spiro atoms. The average Bonchev–Trinajstić information content (AvgIpc) is 3.24. The van der Waals surface area contributed by atoms with Gasteiger partial charge in [-0.25, -0.2) is 0 Å². The van der Waals surface area contributed by atoms with Crippen molar-refractivity contribution in [2.24, 2.45) is 4.99 Å². The topological polar surface area (TPSA) is 85.1 Å². The van der Waals surface area contributed by atoms with Crippen LogP contribution in [0, 0.1) is 0 Å². The second kappa shape index (κ2) is 11.9. The summed E-state index contributed by atoms with van der Waals surface area (Å²) in [5, 5.41) is 15.3. The number of benzene rings is 1. The summed E-state index contributed by atoms with van der Waals surface area (Å²) in [4.78, 5) is 4.36. The van der Waals surface area contributed by atoms with Gasteiger partial charge in [-0.3, -0.25) is 9.39 Å². The van der Waals surface area contributed by atoms with Crippen LogP contribution in [-0.2, 0) is 6.42 Å². The minimum absolute atomic E-state index is 0.0410. The molecule has 0 saturated heterocycles. The van der Waals surface area contributed by atoms with E-state index >= 15 is 0 Å². The highest BCUT2D eigenvalue weighted by atomic mass is 16.5. The predicted octanol–water partition coefficient (Wildman–Crippen LogP) is 3.78. The number of ether oxygens (including phenoxy) is 2. The molecule has 0 bridgehead atoms. The zero-order valence-electron chi connectivity index (χ0n) is 19.5. The summed E-state index contributed by atoms with van der Waals surface area (Å²) in [6, 6.07) is 12.0. The van der Waals surface area contributed by atoms with Crippen LogP contribution in [0.1, 0.15) is 51.0 Å². The Morgan fingerprint density at radius 3 is 2.59 bits per heavy atom. The molecule has 1 unspecified atom stereocenters. The fourth-order valence-corrected chi connectivity index (χ4v) is 3.29. The van der Waals surface area contributed by atoms with E-state index in [-0.39, 0.29) is 6.04 Å². The summed E-state index contributed by atoms with van der Waals surface area (Å²) >= 11 is 0. The van der Waals surface area contributed by atoms with Gasteiger partial charge >= 0.3 is 0 Å². The normalized spacial score (nSPS) is 12.6. The average molecular weight is 439 g/mol. The number of hydrogen-bond acceptors (Lipinski definition) is 5. The first-order chi connectivity index (χ1) is 15.7. The van der Waals surface area contributed by atoms with E-state index in [0.717, 1.165) is 53.8 Å². The summed E-state index contributed by atoms with van der Waals surface area (Å²) in [6.45, 7) is 8.32. The van der Waals surface area contributed by atoms with Gasteiger partial charge in [0.05, 0.1) is 19.3 Å². The molecule has 32 heavy (non-hydrogen) atoms. The third-order valence-corrected chi connectivity index (χ3v) is 4.99. The van der Waals surface area contributed by atoms with Gasteiger partial charge in [-0.2, -0.15) is 0 Å². The molecule has 1 atom stereocenters. The van der Waals surface area contributed by atoms with E-state index < -0.39 is 0 Å². The molecule has 0 aliphatic rings. The number of rotatable bonds is 11. The number of fused-ring (bicyclic) bond motifs is 1. The van der Waals surface area contributed by atoms with E-state index in [9.17, 15) is 0 Å². The van der Waals surface area contributed by atoms with Crippen LogP contribution in [0.5, 0.6) is 11.5 Å². The van der Waals surface area contributed by atoms with Crippen LogP contribution in [0.15, 0.2) is 47.6 Å². The summed E-state index contributed by atoms with van der Waals surface area (Å²) in [5.41, 5.74) is 1.96. The van der Waals surface area contributed by atoms with Crippen molar-refractivity contribution in [2.75, 3.05) is 26.8 Å². The van der Waals surface area contributed by atoms with Crippen molar-refractivity contribution in [1.29, 1.82) is 0 Å². The summed E-state index contributed by atoms with van der Waals surface area (Å²) < 4.78 is 13.8. The number of hydrogen-bond donors (Lipinski definition) is 2. The van der Waals surface area contributed by atoms with Crippen LogP contribution < -0.4 is 20.1 Å². The van der Waals surface area contributed by atoms with Gasteiger partial charge in [0.2, 0.25) is 0 Å². The van der Waals surface area contributed by atoms with Gasteiger partial charge in [-0.1, -0.05) is 26.0 Å². The molecular formula is C24H34N6O2. The maximum absolute atomic E-state index is 5.93. The molecule has 0 radical (unpaired) electrons. The molecular weight excluding hydrogens is 404 g/mol. The molecule has 1 aromatic carbocycles. The Kier molecular flexibility index (Phi) is 8.71. The van der Waals surface area contributed by atoms with Crippen LogP contribution in [0.4, 0.5) is 0 Å². The zero-order valence-corrected chi connectivity index (χ0v) is 19.5. The maximum Gasteiger partial charge on any atom is 0.191 e. The molecule has 8 heteroatoms. The van der Waals surface area contributed by atoms with Crippen LogP contribution in [0.25, 0.3) is 5.65 Å². The minimum Gasteiger partial charge on any atom is -0.490 e. The van der Waals surface area contributed by atoms with Gasteiger partial charge in [0.1, 0.15) is 5.82 Å². The Morgan fingerprint density at radius 1 is 1.06 bits per heavy atom. The number of guanidine groups is 1. The molecule has 172 valence electrons. The Balaban J connectivity index is 1.59. The van der Waals surface area contributed by atoms with Gasteiger partial charge in [0, 0.05) is 26.2 Å². The summed E-state index contributed by atoms with van der Waals surface area (Å²) in [5.74, 6) is 3.22. The van der Waals surface area contributed by atoms with E-state index in [4.69, 9.17) is 9.47 Å². The van der Waals surface area contributed by atoms with Crippen LogP contribution in [0.2, 0.25) is 0 Å². The smallest absolute Gasteiger partial charge is 0.191 e. The van der Waals surface area contributed by atoms with Crippen molar-refractivity contribution in [2.45, 2.75) is 46.1 Å². The Morgan fingerprint density at radius 2 is 1.84 bits per heavy atom. The van der Waals surface area contributed by atoms with Crippen molar-refractivity contribution in [1.82, 2.24) is 25.2 Å². The van der Waals surface area contributed by atoms with Gasteiger partial charge in [-0.05, 0) is 49.6 Å². The monoisotopic (exact) mass is 438 g/mol. The van der Waals surface area contributed by atoms with E-state index in [1.807, 2.05) is 40.9 Å². The van der Waals surface area contributed by atoms with Crippen LogP contribution in [-0.4, -0.2) is 47.4 Å². The van der Waals surface area contributed by atoms with Crippen molar-refractivity contribution in [3.63, 3.8) is 0 Å². The molecule has 3 aromatic rings. The second-order valence-corrected chi connectivity index (χ2v) is 7.56. The third kappa shape index (κ3) is 6.12. The van der Waals surface area contributed by atoms with E-state index in [1.54, 1.807) is 7.05 Å². The number of nitrogens with one attached hydrogen (secondary N) is 2. The van der Waals surface area contributed by atoms with Gasteiger partial charge in [0.15, 0.2) is 23.1 Å². The zero-order chi connectivity index (χ0) is 22.8. The predicted molar refractivity (Wildman–Crippen MR) is 128 cm³/mol. The Hall–Kier alpha value is -3.29. The van der Waals surface area contributed by atoms with Crippen molar-refractivity contribution in [3.05, 3.63) is 54.0 Å². The highest BCUT2D eigenvalue weighted by molar-refractivity contribution is 5.80. The molecule has 0 aliphatic heterocycles. The first kappa shape index (κ1) is 23.4. The van der Waals surface area contributed by atoms with Crippen molar-refractivity contribution in [3.8, 4) is 11.5 Å². The molecule has 0 fully saturated rings. The second-order valence-electron chi connectivity index (χ2n) is 7.56. The van der Waals surface area contributed by atoms with Crippen molar-refractivity contribution >= 4 is 11.6 Å². The molecule has 2 heterocycles. The van der Waals surface area contributed by atoms with Gasteiger partial charge in [0.25, 0.3) is 0 Å². The Labute approximate surface area is 190 Å². The molecule has 2 N–H and O–H groups in total. The van der Waals surface area contributed by atoms with E-state index in [0.29, 0.717) is 19.8 Å². The fourth-order valence-electron chi connectivity index (χ4n) is 3.29. The van der Waals surface area contributed by atoms with E-state index in [1.165, 1.54) is 0 Å². The molecule has 2 aromatic heterocycles. The van der Waals surface area contributed by atoms with E-state index in [2.05, 4.69) is 52.7 Å². The lowest BCUT2D eigenvalue weighted by atomic mass is 10.1. The standard InChI is InChI=1S/C24H34N6O2/c1-5-15-31-20-11-10-19(17-21(20)32-16-6-2)18(3)27-24(25-4)26-13-12-23-29-28-22-9-7-8-14-30(22)23/h7-11,14,17-18H,5-6,12-13,15-16H2,1-4H3,(H2,25,26,27). The fraction of sp³-hybridized carbons (Fsp3) is 0.458. The molecule has 0 amide bonds. The summed E-state index contributed by atoms with van der Waals surface area (Å²) in [6.07, 6.45) is 4.62. The highest BCUT2D eigenvalue weighted by Crippen LogP contribution is 2.31. The largest absolute Gasteiger partial charge is 0.490 e. The third-order valence-electron chi connectivity index (χ3n) is 4.99. The number of aliphatic imine (C=N–C) groups is 1. The lowest BCUT2D eigenvalue weighted by Gasteiger charge is -2.20.